The zero-order chi connectivity index (χ0) is 19.7. The van der Waals surface area contributed by atoms with E-state index >= 15 is 0 Å². The summed E-state index contributed by atoms with van der Waals surface area (Å²) in [6.45, 7) is 0.0841. The second-order valence-electron chi connectivity index (χ2n) is 6.93. The molecule has 1 saturated carbocycles. The molecule has 3 heterocycles. The molecule has 0 bridgehead atoms. The van der Waals surface area contributed by atoms with Gasteiger partial charge in [-0.05, 0) is 25.0 Å². The van der Waals surface area contributed by atoms with E-state index < -0.39 is 11.7 Å². The van der Waals surface area contributed by atoms with Crippen molar-refractivity contribution in [3.05, 3.63) is 47.7 Å². The van der Waals surface area contributed by atoms with Gasteiger partial charge in [0.25, 0.3) is 5.91 Å². The van der Waals surface area contributed by atoms with E-state index in [9.17, 15) is 14.3 Å². The fourth-order valence-electron chi connectivity index (χ4n) is 3.76. The normalized spacial score (nSPS) is 14.5. The van der Waals surface area contributed by atoms with Gasteiger partial charge < -0.3 is 19.7 Å². The summed E-state index contributed by atoms with van der Waals surface area (Å²) < 4.78 is 21.0. The number of nitrogens with zero attached hydrogens (tertiary/aromatic N) is 3. The van der Waals surface area contributed by atoms with E-state index in [1.54, 1.807) is 6.07 Å². The van der Waals surface area contributed by atoms with Gasteiger partial charge in [-0.2, -0.15) is 0 Å². The Hall–Kier alpha value is -3.16. The van der Waals surface area contributed by atoms with E-state index in [1.165, 1.54) is 19.4 Å². The van der Waals surface area contributed by atoms with Crippen LogP contribution in [0.1, 0.15) is 47.6 Å². The van der Waals surface area contributed by atoms with Crippen molar-refractivity contribution in [3.8, 4) is 11.8 Å². The molecule has 0 unspecified atom stereocenters. The average molecular weight is 384 g/mol. The zero-order valence-corrected chi connectivity index (χ0v) is 15.5. The van der Waals surface area contributed by atoms with Gasteiger partial charge in [-0.1, -0.05) is 12.8 Å². The number of hydrogen-bond acceptors (Lipinski definition) is 5. The number of nitrogens with one attached hydrogen (secondary N) is 1. The molecule has 0 atom stereocenters. The highest BCUT2D eigenvalue weighted by Gasteiger charge is 2.22. The van der Waals surface area contributed by atoms with E-state index in [0.717, 1.165) is 31.9 Å². The van der Waals surface area contributed by atoms with Crippen molar-refractivity contribution in [3.63, 3.8) is 0 Å². The first-order valence-corrected chi connectivity index (χ1v) is 9.23. The topological polar surface area (TPSA) is 89.3 Å². The van der Waals surface area contributed by atoms with Crippen LogP contribution < -0.4 is 10.1 Å². The Morgan fingerprint density at radius 3 is 2.93 bits per heavy atom. The molecule has 1 amide bonds. The summed E-state index contributed by atoms with van der Waals surface area (Å²) in [4.78, 5) is 20.4. The van der Waals surface area contributed by atoms with Gasteiger partial charge in [0.2, 0.25) is 11.8 Å². The van der Waals surface area contributed by atoms with Crippen molar-refractivity contribution in [2.45, 2.75) is 38.3 Å². The zero-order valence-electron chi connectivity index (χ0n) is 15.5. The molecule has 28 heavy (non-hydrogen) atoms. The highest BCUT2D eigenvalue weighted by atomic mass is 19.1. The number of carbonyl (C=O) groups excluding carboxylic acids is 1. The summed E-state index contributed by atoms with van der Waals surface area (Å²) in [5.41, 5.74) is 1.15. The number of amides is 1. The lowest BCUT2D eigenvalue weighted by Gasteiger charge is -2.12. The minimum Gasteiger partial charge on any atom is -0.494 e. The summed E-state index contributed by atoms with van der Waals surface area (Å²) in [6.07, 6.45) is 8.56. The van der Waals surface area contributed by atoms with Crippen LogP contribution in [0.5, 0.6) is 11.8 Å². The summed E-state index contributed by atoms with van der Waals surface area (Å²) >= 11 is 0. The van der Waals surface area contributed by atoms with Crippen LogP contribution in [-0.4, -0.2) is 32.7 Å². The average Bonchev–Trinajstić information content (AvgIpc) is 3.34. The van der Waals surface area contributed by atoms with E-state index in [-0.39, 0.29) is 24.0 Å². The number of aromatic hydroxyl groups is 1. The molecule has 1 aliphatic rings. The number of halogens is 1. The van der Waals surface area contributed by atoms with Crippen molar-refractivity contribution in [2.24, 2.45) is 0 Å². The third-order valence-electron chi connectivity index (χ3n) is 5.21. The molecular weight excluding hydrogens is 363 g/mol. The Balaban J connectivity index is 1.62. The second kappa shape index (κ2) is 7.46. The van der Waals surface area contributed by atoms with Crippen LogP contribution in [0.25, 0.3) is 10.9 Å². The van der Waals surface area contributed by atoms with Crippen molar-refractivity contribution in [2.75, 3.05) is 7.11 Å². The van der Waals surface area contributed by atoms with Gasteiger partial charge in [0, 0.05) is 30.5 Å². The van der Waals surface area contributed by atoms with Crippen molar-refractivity contribution >= 4 is 16.8 Å². The minimum atomic E-state index is -0.688. The van der Waals surface area contributed by atoms with E-state index in [2.05, 4.69) is 15.3 Å². The molecule has 0 radical (unpaired) electrons. The van der Waals surface area contributed by atoms with Gasteiger partial charge in [-0.25, -0.2) is 9.37 Å². The Kier molecular flexibility index (Phi) is 4.85. The first-order valence-electron chi connectivity index (χ1n) is 9.23. The predicted octanol–water partition coefficient (Wildman–Crippen LogP) is 3.33. The molecule has 8 heteroatoms. The first-order chi connectivity index (χ1) is 13.6. The summed E-state index contributed by atoms with van der Waals surface area (Å²) in [5.74, 6) is -0.724. The number of fused-ring (bicyclic) bond motifs is 1. The lowest BCUT2D eigenvalue weighted by molar-refractivity contribution is 0.0946. The van der Waals surface area contributed by atoms with Crippen LogP contribution in [0.4, 0.5) is 4.39 Å². The molecule has 0 aromatic carbocycles. The number of carbonyl (C=O) groups is 1. The summed E-state index contributed by atoms with van der Waals surface area (Å²) in [6, 6.07) is 3.35. The monoisotopic (exact) mass is 384 g/mol. The highest BCUT2D eigenvalue weighted by Crippen LogP contribution is 2.38. The Bertz CT molecular complexity index is 1030. The molecule has 146 valence electrons. The first kappa shape index (κ1) is 18.2. The SMILES string of the molecule is COc1nc2cn(C3CCCC3)c(O)c2cc1CNC(=O)c1ccncc1F. The van der Waals surface area contributed by atoms with Crippen LogP contribution in [0.3, 0.4) is 0 Å². The van der Waals surface area contributed by atoms with Crippen LogP contribution in [0.15, 0.2) is 30.7 Å². The smallest absolute Gasteiger partial charge is 0.254 e. The minimum absolute atomic E-state index is 0.0841. The van der Waals surface area contributed by atoms with Gasteiger partial charge >= 0.3 is 0 Å². The van der Waals surface area contributed by atoms with Gasteiger partial charge in [-0.15, -0.1) is 0 Å². The molecule has 1 fully saturated rings. The number of ether oxygens (including phenoxy) is 1. The van der Waals surface area contributed by atoms with Gasteiger partial charge in [0.15, 0.2) is 5.82 Å². The second-order valence-corrected chi connectivity index (χ2v) is 6.93. The van der Waals surface area contributed by atoms with Gasteiger partial charge in [-0.3, -0.25) is 9.78 Å². The number of rotatable bonds is 5. The van der Waals surface area contributed by atoms with E-state index in [4.69, 9.17) is 4.74 Å². The number of aromatic nitrogens is 3. The van der Waals surface area contributed by atoms with E-state index in [1.807, 2.05) is 10.8 Å². The number of pyridine rings is 2. The quantitative estimate of drug-likeness (QED) is 0.704. The van der Waals surface area contributed by atoms with Crippen molar-refractivity contribution in [1.82, 2.24) is 19.9 Å². The molecule has 7 nitrogen and oxygen atoms in total. The molecule has 2 N–H and O–H groups in total. The standard InChI is InChI=1S/C20H21FN4O3/c1-28-19-12(9-23-18(26)14-6-7-22-10-16(14)21)8-15-17(24-19)11-25(20(15)27)13-4-2-3-5-13/h6-8,10-11,13,27H,2-5,9H2,1H3,(H,23,26). The van der Waals surface area contributed by atoms with Crippen molar-refractivity contribution < 1.29 is 19.0 Å². The van der Waals surface area contributed by atoms with Gasteiger partial charge in [0.05, 0.1) is 29.8 Å². The van der Waals surface area contributed by atoms with Crippen molar-refractivity contribution in [1.29, 1.82) is 0 Å². The third kappa shape index (κ3) is 3.26. The Labute approximate surface area is 161 Å². The molecule has 3 aromatic rings. The maximum Gasteiger partial charge on any atom is 0.254 e. The highest BCUT2D eigenvalue weighted by molar-refractivity contribution is 5.94. The molecule has 1 aliphatic carbocycles. The number of hydrogen-bond donors (Lipinski definition) is 2. The molecular formula is C20H21FN4O3. The molecule has 3 aromatic heterocycles. The van der Waals surface area contributed by atoms with Crippen LogP contribution in [0.2, 0.25) is 0 Å². The largest absolute Gasteiger partial charge is 0.494 e. The molecule has 0 saturated heterocycles. The van der Waals surface area contributed by atoms with Crippen LogP contribution in [0, 0.1) is 5.82 Å². The fourth-order valence-corrected chi connectivity index (χ4v) is 3.76. The lowest BCUT2D eigenvalue weighted by atomic mass is 10.2. The predicted molar refractivity (Wildman–Crippen MR) is 101 cm³/mol. The summed E-state index contributed by atoms with van der Waals surface area (Å²) in [5, 5.41) is 13.9. The maximum absolute atomic E-state index is 13.7. The van der Waals surface area contributed by atoms with Crippen LogP contribution in [-0.2, 0) is 6.54 Å². The lowest BCUT2D eigenvalue weighted by Crippen LogP contribution is -2.24. The maximum atomic E-state index is 13.7. The fraction of sp³-hybridized carbons (Fsp3) is 0.350. The molecule has 4 rings (SSSR count). The van der Waals surface area contributed by atoms with Gasteiger partial charge in [0.1, 0.15) is 0 Å². The number of methoxy groups -OCH3 is 1. The Morgan fingerprint density at radius 2 is 2.21 bits per heavy atom. The summed E-state index contributed by atoms with van der Waals surface area (Å²) in [7, 11) is 1.50. The molecule has 0 spiro atoms. The van der Waals surface area contributed by atoms with E-state index in [0.29, 0.717) is 22.3 Å². The van der Waals surface area contributed by atoms with Crippen LogP contribution >= 0.6 is 0 Å². The Morgan fingerprint density at radius 1 is 1.43 bits per heavy atom. The molecule has 0 aliphatic heterocycles. The third-order valence-corrected chi connectivity index (χ3v) is 5.21.